The molecule has 0 fully saturated rings. The van der Waals surface area contributed by atoms with Crippen LogP contribution in [0.25, 0.3) is 0 Å². The lowest BCUT2D eigenvalue weighted by Crippen LogP contribution is -2.47. The van der Waals surface area contributed by atoms with Crippen molar-refractivity contribution in [3.8, 4) is 0 Å². The van der Waals surface area contributed by atoms with E-state index in [1.807, 2.05) is 36.6 Å². The summed E-state index contributed by atoms with van der Waals surface area (Å²) in [7, 11) is -3.74. The first kappa shape index (κ1) is 22.3. The van der Waals surface area contributed by atoms with E-state index in [0.717, 1.165) is 18.7 Å². The molecule has 28 heavy (non-hydrogen) atoms. The van der Waals surface area contributed by atoms with Crippen molar-refractivity contribution in [2.45, 2.75) is 23.8 Å². The Balaban J connectivity index is 1.84. The van der Waals surface area contributed by atoms with E-state index < -0.39 is 16.1 Å². The normalized spacial score (nSPS) is 12.3. The standard InChI is InChI=1S/C20H27N3O3S2/c1-27-16-13-19(23-28(25,26)18-11-6-3-7-12-18)20(24)22-15-8-14-21-17-9-4-2-5-10-17/h2-7,9-12,19,21,23H,8,13-16H2,1H3,(H,22,24). The van der Waals surface area contributed by atoms with Gasteiger partial charge < -0.3 is 10.6 Å². The van der Waals surface area contributed by atoms with E-state index in [-0.39, 0.29) is 10.8 Å². The number of carbonyl (C=O) groups is 1. The number of nitrogens with one attached hydrogen (secondary N) is 3. The van der Waals surface area contributed by atoms with Crippen LogP contribution in [0, 0.1) is 0 Å². The number of hydrogen-bond acceptors (Lipinski definition) is 5. The van der Waals surface area contributed by atoms with Crippen LogP contribution in [-0.4, -0.2) is 45.5 Å². The molecule has 0 spiro atoms. The molecule has 0 saturated heterocycles. The number of sulfonamides is 1. The zero-order valence-corrected chi connectivity index (χ0v) is 17.6. The van der Waals surface area contributed by atoms with Gasteiger partial charge in [0.2, 0.25) is 15.9 Å². The first-order valence-electron chi connectivity index (χ1n) is 9.16. The fourth-order valence-corrected chi connectivity index (χ4v) is 4.27. The third-order valence-corrected chi connectivity index (χ3v) is 6.17. The van der Waals surface area contributed by atoms with E-state index in [0.29, 0.717) is 18.7 Å². The van der Waals surface area contributed by atoms with Gasteiger partial charge in [0, 0.05) is 18.8 Å². The molecule has 1 amide bonds. The molecule has 6 nitrogen and oxygen atoms in total. The molecule has 0 aliphatic carbocycles. The van der Waals surface area contributed by atoms with Gasteiger partial charge in [-0.1, -0.05) is 36.4 Å². The van der Waals surface area contributed by atoms with Crippen LogP contribution in [-0.2, 0) is 14.8 Å². The predicted octanol–water partition coefficient (Wildman–Crippen LogP) is 2.71. The van der Waals surface area contributed by atoms with Crippen molar-refractivity contribution < 1.29 is 13.2 Å². The van der Waals surface area contributed by atoms with Crippen LogP contribution in [0.3, 0.4) is 0 Å². The zero-order chi connectivity index (χ0) is 20.2. The summed E-state index contributed by atoms with van der Waals surface area (Å²) in [4.78, 5) is 12.7. The smallest absolute Gasteiger partial charge is 0.241 e. The molecule has 2 rings (SSSR count). The molecule has 2 aromatic rings. The second-order valence-electron chi connectivity index (χ2n) is 6.21. The zero-order valence-electron chi connectivity index (χ0n) is 15.9. The molecule has 2 aromatic carbocycles. The van der Waals surface area contributed by atoms with Crippen LogP contribution in [0.2, 0.25) is 0 Å². The Hall–Kier alpha value is -2.03. The Kier molecular flexibility index (Phi) is 9.33. The Morgan fingerprint density at radius 2 is 1.64 bits per heavy atom. The molecule has 3 N–H and O–H groups in total. The SMILES string of the molecule is CSCCC(NS(=O)(=O)c1ccccc1)C(=O)NCCCNc1ccccc1. The quantitative estimate of drug-likeness (QED) is 0.459. The molecule has 152 valence electrons. The molecule has 0 aromatic heterocycles. The summed E-state index contributed by atoms with van der Waals surface area (Å²) in [5.41, 5.74) is 1.03. The van der Waals surface area contributed by atoms with Gasteiger partial charge in [0.05, 0.1) is 4.90 Å². The lowest BCUT2D eigenvalue weighted by molar-refractivity contribution is -0.122. The van der Waals surface area contributed by atoms with Crippen molar-refractivity contribution >= 4 is 33.4 Å². The van der Waals surface area contributed by atoms with Gasteiger partial charge in [-0.15, -0.1) is 0 Å². The number of thioether (sulfide) groups is 1. The van der Waals surface area contributed by atoms with Crippen molar-refractivity contribution in [2.24, 2.45) is 0 Å². The van der Waals surface area contributed by atoms with Crippen LogP contribution in [0.4, 0.5) is 5.69 Å². The molecule has 0 saturated carbocycles. The van der Waals surface area contributed by atoms with E-state index in [4.69, 9.17) is 0 Å². The summed E-state index contributed by atoms with van der Waals surface area (Å²) < 4.78 is 27.6. The van der Waals surface area contributed by atoms with Crippen LogP contribution < -0.4 is 15.4 Å². The Bertz CT molecular complexity index is 815. The van der Waals surface area contributed by atoms with Gasteiger partial charge in [-0.3, -0.25) is 4.79 Å². The number of hydrogen-bond donors (Lipinski definition) is 3. The number of rotatable bonds is 12. The van der Waals surface area contributed by atoms with Crippen molar-refractivity contribution in [3.63, 3.8) is 0 Å². The maximum atomic E-state index is 12.5. The van der Waals surface area contributed by atoms with Gasteiger partial charge in [0.25, 0.3) is 0 Å². The minimum absolute atomic E-state index is 0.156. The molecule has 1 unspecified atom stereocenters. The highest BCUT2D eigenvalue weighted by Gasteiger charge is 2.25. The molecule has 1 atom stereocenters. The highest BCUT2D eigenvalue weighted by Crippen LogP contribution is 2.10. The lowest BCUT2D eigenvalue weighted by Gasteiger charge is -2.18. The minimum atomic E-state index is -3.74. The summed E-state index contributed by atoms with van der Waals surface area (Å²) in [5.74, 6) is 0.388. The molecule has 0 aliphatic rings. The highest BCUT2D eigenvalue weighted by atomic mass is 32.2. The van der Waals surface area contributed by atoms with Crippen molar-refractivity contribution in [3.05, 3.63) is 60.7 Å². The average molecular weight is 422 g/mol. The fraction of sp³-hybridized carbons (Fsp3) is 0.350. The Morgan fingerprint density at radius 1 is 1.00 bits per heavy atom. The van der Waals surface area contributed by atoms with E-state index >= 15 is 0 Å². The summed E-state index contributed by atoms with van der Waals surface area (Å²) in [6.45, 7) is 1.19. The molecule has 0 bridgehead atoms. The molecular weight excluding hydrogens is 394 g/mol. The van der Waals surface area contributed by atoms with E-state index in [1.54, 1.807) is 30.0 Å². The number of para-hydroxylation sites is 1. The maximum Gasteiger partial charge on any atom is 0.241 e. The molecule has 0 aliphatic heterocycles. The first-order chi connectivity index (χ1) is 13.5. The van der Waals surface area contributed by atoms with Crippen molar-refractivity contribution in [2.75, 3.05) is 30.4 Å². The van der Waals surface area contributed by atoms with Gasteiger partial charge in [0.1, 0.15) is 6.04 Å². The van der Waals surface area contributed by atoms with E-state index in [9.17, 15) is 13.2 Å². The second-order valence-corrected chi connectivity index (χ2v) is 8.91. The number of benzene rings is 2. The third kappa shape index (κ3) is 7.53. The van der Waals surface area contributed by atoms with E-state index in [2.05, 4.69) is 15.4 Å². The number of anilines is 1. The Labute approximate surface area is 171 Å². The lowest BCUT2D eigenvalue weighted by atomic mass is 10.2. The molecule has 0 radical (unpaired) electrons. The summed E-state index contributed by atoms with van der Waals surface area (Å²) in [6.07, 6.45) is 3.10. The van der Waals surface area contributed by atoms with Gasteiger partial charge in [0.15, 0.2) is 0 Å². The first-order valence-corrected chi connectivity index (χ1v) is 12.0. The fourth-order valence-electron chi connectivity index (χ4n) is 2.55. The number of carbonyl (C=O) groups excluding carboxylic acids is 1. The van der Waals surface area contributed by atoms with Crippen LogP contribution >= 0.6 is 11.8 Å². The monoisotopic (exact) mass is 421 g/mol. The molecular formula is C20H27N3O3S2. The Morgan fingerprint density at radius 3 is 2.29 bits per heavy atom. The maximum absolute atomic E-state index is 12.5. The second kappa shape index (κ2) is 11.7. The van der Waals surface area contributed by atoms with Gasteiger partial charge in [-0.2, -0.15) is 16.5 Å². The molecule has 8 heteroatoms. The van der Waals surface area contributed by atoms with Gasteiger partial charge >= 0.3 is 0 Å². The van der Waals surface area contributed by atoms with Crippen LogP contribution in [0.5, 0.6) is 0 Å². The summed E-state index contributed by atoms with van der Waals surface area (Å²) >= 11 is 1.57. The number of amides is 1. The third-order valence-electron chi connectivity index (χ3n) is 4.03. The largest absolute Gasteiger partial charge is 0.385 e. The van der Waals surface area contributed by atoms with Gasteiger partial charge in [-0.05, 0) is 49.1 Å². The topological polar surface area (TPSA) is 87.3 Å². The summed E-state index contributed by atoms with van der Waals surface area (Å²) in [6, 6.07) is 17.1. The van der Waals surface area contributed by atoms with Crippen LogP contribution in [0.15, 0.2) is 65.6 Å². The van der Waals surface area contributed by atoms with Crippen molar-refractivity contribution in [1.82, 2.24) is 10.0 Å². The molecule has 0 heterocycles. The van der Waals surface area contributed by atoms with Crippen molar-refractivity contribution in [1.29, 1.82) is 0 Å². The summed E-state index contributed by atoms with van der Waals surface area (Å²) in [5, 5.41) is 6.11. The average Bonchev–Trinajstić information content (AvgIpc) is 2.72. The predicted molar refractivity (Wildman–Crippen MR) is 116 cm³/mol. The van der Waals surface area contributed by atoms with Crippen LogP contribution in [0.1, 0.15) is 12.8 Å². The minimum Gasteiger partial charge on any atom is -0.385 e. The highest BCUT2D eigenvalue weighted by molar-refractivity contribution is 7.98. The van der Waals surface area contributed by atoms with E-state index in [1.165, 1.54) is 12.1 Å². The van der Waals surface area contributed by atoms with Gasteiger partial charge in [-0.25, -0.2) is 8.42 Å².